The number of nitrogens with zero attached hydrogens (tertiary/aromatic N) is 1. The summed E-state index contributed by atoms with van der Waals surface area (Å²) in [7, 11) is -2.63. The van der Waals surface area contributed by atoms with Crippen LogP contribution in [0.25, 0.3) is 0 Å². The fraction of sp³-hybridized carbons (Fsp3) is 0.350. The lowest BCUT2D eigenvalue weighted by atomic mass is 10.1. The van der Waals surface area contributed by atoms with E-state index < -0.39 is 15.9 Å². The number of ether oxygens (including phenoxy) is 1. The number of amides is 1. The molecule has 0 aromatic heterocycles. The lowest BCUT2D eigenvalue weighted by Gasteiger charge is -2.24. The Bertz CT molecular complexity index is 897. The van der Waals surface area contributed by atoms with Crippen LogP contribution in [-0.4, -0.2) is 39.5 Å². The second kappa shape index (κ2) is 9.66. The van der Waals surface area contributed by atoms with E-state index in [1.807, 2.05) is 13.8 Å². The minimum atomic E-state index is -4.09. The monoisotopic (exact) mass is 409 g/mol. The van der Waals surface area contributed by atoms with Crippen LogP contribution in [0.4, 0.5) is 4.39 Å². The summed E-state index contributed by atoms with van der Waals surface area (Å²) in [6.45, 7) is 4.82. The van der Waals surface area contributed by atoms with E-state index in [1.165, 1.54) is 13.2 Å². The first-order chi connectivity index (χ1) is 13.2. The predicted molar refractivity (Wildman–Crippen MR) is 103 cm³/mol. The van der Waals surface area contributed by atoms with Crippen molar-refractivity contribution in [3.05, 3.63) is 59.9 Å². The van der Waals surface area contributed by atoms with Crippen LogP contribution in [0.3, 0.4) is 0 Å². The molecule has 2 rings (SSSR count). The molecule has 0 radical (unpaired) electrons. The van der Waals surface area contributed by atoms with Crippen molar-refractivity contribution < 1.29 is 26.5 Å². The smallest absolute Gasteiger partial charge is 0.339 e. The first-order valence-corrected chi connectivity index (χ1v) is 10.2. The van der Waals surface area contributed by atoms with Crippen molar-refractivity contribution in [2.45, 2.75) is 25.3 Å². The number of carbonyl (C=O) groups excluding carboxylic acids is 1. The van der Waals surface area contributed by atoms with E-state index in [1.54, 1.807) is 23.1 Å². The molecule has 28 heavy (non-hydrogen) atoms. The van der Waals surface area contributed by atoms with Crippen molar-refractivity contribution >= 4 is 16.0 Å². The zero-order chi connectivity index (χ0) is 20.7. The van der Waals surface area contributed by atoms with Crippen LogP contribution in [-0.2, 0) is 26.2 Å². The molecule has 0 atom stereocenters. The maximum absolute atomic E-state index is 13.0. The topological polar surface area (TPSA) is 72.9 Å². The first kappa shape index (κ1) is 21.8. The first-order valence-electron chi connectivity index (χ1n) is 8.77. The number of halogens is 1. The van der Waals surface area contributed by atoms with Crippen molar-refractivity contribution in [3.8, 4) is 5.75 Å². The van der Waals surface area contributed by atoms with Gasteiger partial charge < -0.3 is 13.8 Å². The van der Waals surface area contributed by atoms with Crippen LogP contribution < -0.4 is 4.18 Å². The van der Waals surface area contributed by atoms with Crippen molar-refractivity contribution in [1.82, 2.24) is 4.90 Å². The summed E-state index contributed by atoms with van der Waals surface area (Å²) in [6.07, 6.45) is 0. The van der Waals surface area contributed by atoms with Gasteiger partial charge in [-0.25, -0.2) is 4.39 Å². The Hall–Kier alpha value is -2.45. The number of hydrogen-bond acceptors (Lipinski definition) is 5. The second-order valence-corrected chi connectivity index (χ2v) is 8.29. The summed E-state index contributed by atoms with van der Waals surface area (Å²) in [5.74, 6) is -0.307. The second-order valence-electron chi connectivity index (χ2n) is 6.74. The highest BCUT2D eigenvalue weighted by Gasteiger charge is 2.18. The molecular formula is C20H24FNO5S. The molecular weight excluding hydrogens is 385 g/mol. The van der Waals surface area contributed by atoms with Crippen LogP contribution >= 0.6 is 0 Å². The lowest BCUT2D eigenvalue weighted by molar-refractivity contribution is -0.136. The molecule has 0 unspecified atom stereocenters. The molecule has 2 aromatic rings. The Labute approximate surface area is 165 Å². The van der Waals surface area contributed by atoms with Crippen molar-refractivity contribution in [3.63, 3.8) is 0 Å². The lowest BCUT2D eigenvalue weighted by Crippen LogP contribution is -2.36. The molecule has 0 aliphatic carbocycles. The standard InChI is InChI=1S/C20H24FNO5S/c1-15(2)12-22(20(23)14-26-3)13-16-5-4-6-18(11-16)27-28(24,25)19-9-7-17(21)8-10-19/h4-11,15H,12-14H2,1-3H3. The van der Waals surface area contributed by atoms with E-state index >= 15 is 0 Å². The fourth-order valence-electron chi connectivity index (χ4n) is 2.60. The van der Waals surface area contributed by atoms with E-state index in [9.17, 15) is 17.6 Å². The highest BCUT2D eigenvalue weighted by molar-refractivity contribution is 7.87. The SMILES string of the molecule is COCC(=O)N(Cc1cccc(OS(=O)(=O)c2ccc(F)cc2)c1)CC(C)C. The number of carbonyl (C=O) groups is 1. The largest absolute Gasteiger partial charge is 0.379 e. The molecule has 0 aliphatic rings. The Morgan fingerprint density at radius 1 is 1.14 bits per heavy atom. The zero-order valence-electron chi connectivity index (χ0n) is 16.1. The minimum Gasteiger partial charge on any atom is -0.379 e. The number of rotatable bonds is 9. The van der Waals surface area contributed by atoms with Gasteiger partial charge in [0.1, 0.15) is 23.1 Å². The minimum absolute atomic E-state index is 0.0259. The third-order valence-corrected chi connectivity index (χ3v) is 5.05. The van der Waals surface area contributed by atoms with Crippen molar-refractivity contribution in [2.75, 3.05) is 20.3 Å². The van der Waals surface area contributed by atoms with Crippen molar-refractivity contribution in [1.29, 1.82) is 0 Å². The maximum Gasteiger partial charge on any atom is 0.339 e. The molecule has 8 heteroatoms. The number of methoxy groups -OCH3 is 1. The van der Waals surface area contributed by atoms with Gasteiger partial charge in [0.25, 0.3) is 0 Å². The van der Waals surface area contributed by atoms with Crippen molar-refractivity contribution in [2.24, 2.45) is 5.92 Å². The summed E-state index contributed by atoms with van der Waals surface area (Å²) in [5.41, 5.74) is 0.719. The van der Waals surface area contributed by atoms with Crippen LogP contribution in [0.2, 0.25) is 0 Å². The molecule has 1 amide bonds. The molecule has 6 nitrogen and oxygen atoms in total. The molecule has 0 heterocycles. The number of benzene rings is 2. The quantitative estimate of drug-likeness (QED) is 0.595. The molecule has 0 saturated carbocycles. The van der Waals surface area contributed by atoms with Crippen LogP contribution in [0.1, 0.15) is 19.4 Å². The van der Waals surface area contributed by atoms with Gasteiger partial charge in [-0.15, -0.1) is 0 Å². The molecule has 152 valence electrons. The van der Waals surface area contributed by atoms with Crippen LogP contribution in [0, 0.1) is 11.7 Å². The highest BCUT2D eigenvalue weighted by atomic mass is 32.2. The molecule has 0 N–H and O–H groups in total. The van der Waals surface area contributed by atoms with E-state index in [0.29, 0.717) is 13.1 Å². The highest BCUT2D eigenvalue weighted by Crippen LogP contribution is 2.21. The third kappa shape index (κ3) is 6.31. The Kier molecular flexibility index (Phi) is 7.53. The number of hydrogen-bond donors (Lipinski definition) is 0. The summed E-state index contributed by atoms with van der Waals surface area (Å²) < 4.78 is 47.8. The molecule has 2 aromatic carbocycles. The van der Waals surface area contributed by atoms with Crippen LogP contribution in [0.5, 0.6) is 5.75 Å². The Morgan fingerprint density at radius 2 is 1.82 bits per heavy atom. The molecule has 0 aliphatic heterocycles. The van der Waals surface area contributed by atoms with Gasteiger partial charge in [0.05, 0.1) is 0 Å². The van der Waals surface area contributed by atoms with E-state index in [-0.39, 0.29) is 29.1 Å². The molecule has 0 fully saturated rings. The van der Waals surface area contributed by atoms with E-state index in [0.717, 1.165) is 29.8 Å². The van der Waals surface area contributed by atoms with Crippen LogP contribution in [0.15, 0.2) is 53.4 Å². The van der Waals surface area contributed by atoms with E-state index in [2.05, 4.69) is 0 Å². The fourth-order valence-corrected chi connectivity index (χ4v) is 3.52. The molecule has 0 saturated heterocycles. The zero-order valence-corrected chi connectivity index (χ0v) is 16.9. The normalized spacial score (nSPS) is 11.5. The summed E-state index contributed by atoms with van der Waals surface area (Å²) in [6, 6.07) is 10.9. The average molecular weight is 409 g/mol. The van der Waals surface area contributed by atoms with Gasteiger partial charge in [-0.2, -0.15) is 8.42 Å². The average Bonchev–Trinajstić information content (AvgIpc) is 2.61. The van der Waals surface area contributed by atoms with Gasteiger partial charge in [-0.1, -0.05) is 26.0 Å². The van der Waals surface area contributed by atoms with Gasteiger partial charge in [-0.05, 0) is 47.9 Å². The van der Waals surface area contributed by atoms with Gasteiger partial charge in [0.2, 0.25) is 5.91 Å². The summed E-state index contributed by atoms with van der Waals surface area (Å²) in [5, 5.41) is 0. The summed E-state index contributed by atoms with van der Waals surface area (Å²) >= 11 is 0. The maximum atomic E-state index is 13.0. The van der Waals surface area contributed by atoms with Gasteiger partial charge >= 0.3 is 10.1 Å². The molecule has 0 spiro atoms. The third-order valence-electron chi connectivity index (χ3n) is 3.79. The predicted octanol–water partition coefficient (Wildman–Crippen LogP) is 3.22. The van der Waals surface area contributed by atoms with Gasteiger partial charge in [-0.3, -0.25) is 4.79 Å². The van der Waals surface area contributed by atoms with E-state index in [4.69, 9.17) is 8.92 Å². The Balaban J connectivity index is 2.18. The summed E-state index contributed by atoms with van der Waals surface area (Å²) in [4.78, 5) is 13.8. The van der Waals surface area contributed by atoms with Gasteiger partial charge in [0.15, 0.2) is 0 Å². The van der Waals surface area contributed by atoms with Gasteiger partial charge in [0, 0.05) is 20.2 Å². The Morgan fingerprint density at radius 3 is 2.43 bits per heavy atom. The molecule has 0 bridgehead atoms.